The van der Waals surface area contributed by atoms with Crippen molar-refractivity contribution in [3.63, 3.8) is 0 Å². The van der Waals surface area contributed by atoms with Gasteiger partial charge < -0.3 is 4.90 Å². The molecule has 0 bridgehead atoms. The van der Waals surface area contributed by atoms with Gasteiger partial charge in [0.2, 0.25) is 10.0 Å². The van der Waals surface area contributed by atoms with E-state index in [2.05, 4.69) is 17.0 Å². The smallest absolute Gasteiger partial charge is 0.243 e. The molecular weight excluding hydrogens is 382 g/mol. The van der Waals surface area contributed by atoms with Crippen LogP contribution in [0.3, 0.4) is 0 Å². The van der Waals surface area contributed by atoms with Crippen LogP contribution in [0.4, 0.5) is 5.82 Å². The van der Waals surface area contributed by atoms with Crippen molar-refractivity contribution in [2.75, 3.05) is 24.5 Å². The monoisotopic (exact) mass is 413 g/mol. The van der Waals surface area contributed by atoms with Crippen molar-refractivity contribution in [2.24, 2.45) is 0 Å². The average molecular weight is 414 g/mol. The third-order valence-electron chi connectivity index (χ3n) is 6.23. The Labute approximate surface area is 174 Å². The quantitative estimate of drug-likeness (QED) is 0.735. The number of sulfonamides is 1. The maximum absolute atomic E-state index is 13.4. The maximum atomic E-state index is 13.4. The molecule has 0 N–H and O–H groups in total. The highest BCUT2D eigenvalue weighted by molar-refractivity contribution is 7.89. The van der Waals surface area contributed by atoms with Gasteiger partial charge in [-0.1, -0.05) is 30.2 Å². The lowest BCUT2D eigenvalue weighted by Gasteiger charge is -2.36. The van der Waals surface area contributed by atoms with Crippen LogP contribution in [0.25, 0.3) is 0 Å². The molecular formula is C23H31N3O2S. The first-order chi connectivity index (χ1) is 14.0. The first-order valence-electron chi connectivity index (χ1n) is 10.8. The summed E-state index contributed by atoms with van der Waals surface area (Å²) in [6, 6.07) is 11.2. The number of nitrogens with zero attached hydrogens (tertiary/aromatic N) is 3. The molecule has 156 valence electrons. The second-order valence-corrected chi connectivity index (χ2v) is 10.2. The van der Waals surface area contributed by atoms with Gasteiger partial charge >= 0.3 is 0 Å². The molecule has 3 heterocycles. The molecule has 0 amide bonds. The highest BCUT2D eigenvalue weighted by Crippen LogP contribution is 2.37. The van der Waals surface area contributed by atoms with E-state index >= 15 is 0 Å². The number of rotatable bonds is 4. The van der Waals surface area contributed by atoms with Gasteiger partial charge in [-0.05, 0) is 69.7 Å². The standard InChI is InChI=1S/C23H31N3O2S/c1-18-9-11-20(12-10-18)29(27,28)26-17-7-4-8-22(26)21-13-14-23(24-19(21)2)25-15-5-3-6-16-25/h9-14,22H,3-8,15-17H2,1-2H3/t22-/m0/s1. The van der Waals surface area contributed by atoms with Gasteiger partial charge in [0, 0.05) is 25.3 Å². The molecule has 4 rings (SSSR count). The molecule has 0 spiro atoms. The molecule has 5 nitrogen and oxygen atoms in total. The van der Waals surface area contributed by atoms with Gasteiger partial charge in [0.15, 0.2) is 0 Å². The van der Waals surface area contributed by atoms with Gasteiger partial charge in [-0.15, -0.1) is 0 Å². The highest BCUT2D eigenvalue weighted by atomic mass is 32.2. The molecule has 2 aliphatic heterocycles. The summed E-state index contributed by atoms with van der Waals surface area (Å²) in [5.74, 6) is 1.02. The molecule has 2 fully saturated rings. The Hall–Kier alpha value is -1.92. The number of hydrogen-bond acceptors (Lipinski definition) is 4. The van der Waals surface area contributed by atoms with Crippen LogP contribution < -0.4 is 4.90 Å². The first kappa shape index (κ1) is 20.4. The third kappa shape index (κ3) is 4.19. The van der Waals surface area contributed by atoms with Crippen molar-refractivity contribution in [1.82, 2.24) is 9.29 Å². The van der Waals surface area contributed by atoms with Crippen LogP contribution in [-0.2, 0) is 10.0 Å². The maximum Gasteiger partial charge on any atom is 0.243 e. The normalized spacial score (nSPS) is 21.3. The molecule has 0 unspecified atom stereocenters. The molecule has 2 aromatic rings. The van der Waals surface area contributed by atoms with Gasteiger partial charge in [-0.25, -0.2) is 13.4 Å². The van der Waals surface area contributed by atoms with Gasteiger partial charge in [0.25, 0.3) is 0 Å². The molecule has 6 heteroatoms. The summed E-state index contributed by atoms with van der Waals surface area (Å²) in [5, 5.41) is 0. The van der Waals surface area contributed by atoms with Crippen LogP contribution in [0.1, 0.15) is 61.4 Å². The Bertz CT molecular complexity index is 951. The summed E-state index contributed by atoms with van der Waals surface area (Å²) in [6.45, 7) is 6.67. The Kier molecular flexibility index (Phi) is 5.93. The van der Waals surface area contributed by atoms with E-state index in [0.717, 1.165) is 55.0 Å². The molecule has 2 saturated heterocycles. The van der Waals surface area contributed by atoms with Crippen molar-refractivity contribution in [3.8, 4) is 0 Å². The van der Waals surface area contributed by atoms with E-state index in [9.17, 15) is 8.42 Å². The minimum atomic E-state index is -3.53. The van der Waals surface area contributed by atoms with E-state index < -0.39 is 10.0 Å². The van der Waals surface area contributed by atoms with Crippen molar-refractivity contribution in [1.29, 1.82) is 0 Å². The van der Waals surface area contributed by atoms with Crippen LogP contribution in [0.5, 0.6) is 0 Å². The molecule has 0 radical (unpaired) electrons. The zero-order chi connectivity index (χ0) is 20.4. The van der Waals surface area contributed by atoms with Gasteiger partial charge in [0.05, 0.1) is 10.9 Å². The Morgan fingerprint density at radius 2 is 1.55 bits per heavy atom. The average Bonchev–Trinajstić information content (AvgIpc) is 2.75. The van der Waals surface area contributed by atoms with Crippen LogP contribution in [0.15, 0.2) is 41.3 Å². The van der Waals surface area contributed by atoms with Crippen LogP contribution in [0, 0.1) is 13.8 Å². The lowest BCUT2D eigenvalue weighted by Crippen LogP contribution is -2.39. The van der Waals surface area contributed by atoms with Crippen LogP contribution in [0.2, 0.25) is 0 Å². The van der Waals surface area contributed by atoms with E-state index in [-0.39, 0.29) is 6.04 Å². The zero-order valence-electron chi connectivity index (χ0n) is 17.5. The van der Waals surface area contributed by atoms with E-state index in [4.69, 9.17) is 4.98 Å². The fourth-order valence-electron chi connectivity index (χ4n) is 4.56. The molecule has 0 saturated carbocycles. The number of pyridine rings is 1. The summed E-state index contributed by atoms with van der Waals surface area (Å²) in [6.07, 6.45) is 6.51. The first-order valence-corrected chi connectivity index (χ1v) is 12.2. The molecule has 1 atom stereocenters. The zero-order valence-corrected chi connectivity index (χ0v) is 18.3. The number of aromatic nitrogens is 1. The van der Waals surface area contributed by atoms with Crippen molar-refractivity contribution in [2.45, 2.75) is 63.3 Å². The van der Waals surface area contributed by atoms with Gasteiger partial charge in [-0.3, -0.25) is 0 Å². The van der Waals surface area contributed by atoms with E-state index in [1.54, 1.807) is 16.4 Å². The Morgan fingerprint density at radius 1 is 0.862 bits per heavy atom. The molecule has 1 aromatic heterocycles. The number of anilines is 1. The second-order valence-electron chi connectivity index (χ2n) is 8.33. The summed E-state index contributed by atoms with van der Waals surface area (Å²) < 4.78 is 28.5. The predicted molar refractivity (Wildman–Crippen MR) is 117 cm³/mol. The minimum Gasteiger partial charge on any atom is -0.357 e. The molecule has 29 heavy (non-hydrogen) atoms. The number of piperidine rings is 2. The van der Waals surface area contributed by atoms with E-state index in [1.165, 1.54) is 19.3 Å². The number of aryl methyl sites for hydroxylation is 2. The summed E-state index contributed by atoms with van der Waals surface area (Å²) in [4.78, 5) is 7.61. The molecule has 0 aliphatic carbocycles. The van der Waals surface area contributed by atoms with E-state index in [1.807, 2.05) is 26.0 Å². The van der Waals surface area contributed by atoms with Crippen molar-refractivity contribution >= 4 is 15.8 Å². The predicted octanol–water partition coefficient (Wildman–Crippen LogP) is 4.60. The summed E-state index contributed by atoms with van der Waals surface area (Å²) in [5.41, 5.74) is 3.05. The lowest BCUT2D eigenvalue weighted by molar-refractivity contribution is 0.255. The Balaban J connectivity index is 1.64. The number of hydrogen-bond donors (Lipinski definition) is 0. The van der Waals surface area contributed by atoms with Crippen molar-refractivity contribution in [3.05, 3.63) is 53.2 Å². The topological polar surface area (TPSA) is 53.5 Å². The highest BCUT2D eigenvalue weighted by Gasteiger charge is 2.35. The number of benzene rings is 1. The second kappa shape index (κ2) is 8.44. The van der Waals surface area contributed by atoms with Crippen LogP contribution >= 0.6 is 0 Å². The van der Waals surface area contributed by atoms with Crippen molar-refractivity contribution < 1.29 is 8.42 Å². The largest absolute Gasteiger partial charge is 0.357 e. The molecule has 1 aromatic carbocycles. The summed E-state index contributed by atoms with van der Waals surface area (Å²) in [7, 11) is -3.53. The fourth-order valence-corrected chi connectivity index (χ4v) is 6.23. The van der Waals surface area contributed by atoms with Gasteiger partial charge in [-0.2, -0.15) is 4.31 Å². The fraction of sp³-hybridized carbons (Fsp3) is 0.522. The lowest BCUT2D eigenvalue weighted by atomic mass is 9.96. The van der Waals surface area contributed by atoms with E-state index in [0.29, 0.717) is 11.4 Å². The SMILES string of the molecule is Cc1ccc(S(=O)(=O)N2CCCC[C@H]2c2ccc(N3CCCCC3)nc2C)cc1. The van der Waals surface area contributed by atoms with Crippen LogP contribution in [-0.4, -0.2) is 37.3 Å². The molecule has 2 aliphatic rings. The van der Waals surface area contributed by atoms with Gasteiger partial charge in [0.1, 0.15) is 5.82 Å². The minimum absolute atomic E-state index is 0.141. The summed E-state index contributed by atoms with van der Waals surface area (Å²) >= 11 is 0. The third-order valence-corrected chi connectivity index (χ3v) is 8.15. The Morgan fingerprint density at radius 3 is 2.24 bits per heavy atom.